The van der Waals surface area contributed by atoms with E-state index in [9.17, 15) is 14.4 Å². The van der Waals surface area contributed by atoms with Crippen LogP contribution in [0.1, 0.15) is 6.92 Å². The highest BCUT2D eigenvalue weighted by molar-refractivity contribution is 6.75. The minimum absolute atomic E-state index is 0.0592. The maximum Gasteiger partial charge on any atom is 0.326 e. The number of halogens is 2. The summed E-state index contributed by atoms with van der Waals surface area (Å²) in [6.07, 6.45) is 0. The zero-order chi connectivity index (χ0) is 9.72. The number of hydrogen-bond acceptors (Lipinski definition) is 4. The molecule has 0 N–H and O–H groups in total. The maximum absolute atomic E-state index is 10.8. The third-order valence-electron chi connectivity index (χ3n) is 0.976. The smallest absolute Gasteiger partial charge is 0.326 e. The highest BCUT2D eigenvalue weighted by atomic mass is 35.5. The lowest BCUT2D eigenvalue weighted by Crippen LogP contribution is -2.28. The summed E-state index contributed by atoms with van der Waals surface area (Å²) in [6, 6.07) is 0. The molecule has 12 heavy (non-hydrogen) atoms. The van der Waals surface area contributed by atoms with Gasteiger partial charge in [-0.15, -0.1) is 0 Å². The summed E-state index contributed by atoms with van der Waals surface area (Å²) in [5.74, 6) is -2.72. The fraction of sp³-hybridized carbons (Fsp3) is 0.500. The molecule has 0 saturated carbocycles. The van der Waals surface area contributed by atoms with Gasteiger partial charge >= 0.3 is 5.97 Å². The molecule has 0 bridgehead atoms. The van der Waals surface area contributed by atoms with Crippen LogP contribution in [0.5, 0.6) is 0 Å². The van der Waals surface area contributed by atoms with Gasteiger partial charge in [0.1, 0.15) is 0 Å². The van der Waals surface area contributed by atoms with Crippen LogP contribution < -0.4 is 0 Å². The second-order valence-electron chi connectivity index (χ2n) is 1.79. The quantitative estimate of drug-likeness (QED) is 0.391. The third kappa shape index (κ3) is 3.19. The van der Waals surface area contributed by atoms with Gasteiger partial charge < -0.3 is 4.74 Å². The molecule has 0 unspecified atom stereocenters. The molecular formula is C6H6Cl2O4. The molecule has 0 radical (unpaired) electrons. The Morgan fingerprint density at radius 3 is 1.92 bits per heavy atom. The van der Waals surface area contributed by atoms with E-state index in [0.717, 1.165) is 0 Å². The average Bonchev–Trinajstić information content (AvgIpc) is 1.85. The van der Waals surface area contributed by atoms with E-state index >= 15 is 0 Å². The molecule has 68 valence electrons. The van der Waals surface area contributed by atoms with E-state index in [-0.39, 0.29) is 6.61 Å². The number of carbonyl (C=O) groups excluding carboxylic acids is 3. The van der Waals surface area contributed by atoms with Gasteiger partial charge in [-0.25, -0.2) is 0 Å². The average molecular weight is 213 g/mol. The number of carbonyl (C=O) groups is 3. The van der Waals surface area contributed by atoms with Crippen LogP contribution in [0, 0.1) is 5.92 Å². The van der Waals surface area contributed by atoms with Gasteiger partial charge in [0.25, 0.3) is 0 Å². The normalized spacial score (nSPS) is 9.67. The van der Waals surface area contributed by atoms with Crippen molar-refractivity contribution in [3.63, 3.8) is 0 Å². The van der Waals surface area contributed by atoms with Crippen molar-refractivity contribution in [1.29, 1.82) is 0 Å². The SMILES string of the molecule is CCOC(=O)C(C(=O)Cl)C(=O)Cl. The zero-order valence-electron chi connectivity index (χ0n) is 6.17. The summed E-state index contributed by atoms with van der Waals surface area (Å²) in [6.45, 7) is 1.59. The van der Waals surface area contributed by atoms with Gasteiger partial charge in [-0.3, -0.25) is 14.4 Å². The van der Waals surface area contributed by atoms with Gasteiger partial charge in [0, 0.05) is 0 Å². The minimum Gasteiger partial charge on any atom is -0.465 e. The largest absolute Gasteiger partial charge is 0.465 e. The molecule has 0 aromatic heterocycles. The Kier molecular flexibility index (Phi) is 4.85. The van der Waals surface area contributed by atoms with Crippen molar-refractivity contribution in [3.05, 3.63) is 0 Å². The summed E-state index contributed by atoms with van der Waals surface area (Å²) in [5, 5.41) is -2.26. The summed E-state index contributed by atoms with van der Waals surface area (Å²) in [7, 11) is 0. The Balaban J connectivity index is 4.41. The maximum atomic E-state index is 10.8. The van der Waals surface area contributed by atoms with Gasteiger partial charge in [-0.05, 0) is 30.1 Å². The van der Waals surface area contributed by atoms with Crippen molar-refractivity contribution < 1.29 is 19.1 Å². The topological polar surface area (TPSA) is 60.4 Å². The van der Waals surface area contributed by atoms with Crippen LogP contribution in [0.4, 0.5) is 0 Å². The molecule has 0 atom stereocenters. The Morgan fingerprint density at radius 1 is 1.25 bits per heavy atom. The Hall–Kier alpha value is -0.610. The predicted octanol–water partition coefficient (Wildman–Crippen LogP) is 0.696. The number of rotatable bonds is 4. The number of esters is 1. The van der Waals surface area contributed by atoms with Crippen LogP contribution in [0.15, 0.2) is 0 Å². The molecule has 6 heteroatoms. The lowest BCUT2D eigenvalue weighted by molar-refractivity contribution is -0.151. The molecule has 0 rings (SSSR count). The van der Waals surface area contributed by atoms with Crippen molar-refractivity contribution in [2.75, 3.05) is 6.61 Å². The highest BCUT2D eigenvalue weighted by Crippen LogP contribution is 2.09. The minimum atomic E-state index is -1.70. The highest BCUT2D eigenvalue weighted by Gasteiger charge is 2.32. The molecule has 0 amide bonds. The van der Waals surface area contributed by atoms with E-state index in [1.54, 1.807) is 0 Å². The second-order valence-corrected chi connectivity index (χ2v) is 2.54. The van der Waals surface area contributed by atoms with Crippen LogP contribution in [-0.4, -0.2) is 23.1 Å². The summed E-state index contributed by atoms with van der Waals surface area (Å²) in [4.78, 5) is 31.7. The molecule has 0 aromatic carbocycles. The molecule has 0 heterocycles. The lowest BCUT2D eigenvalue weighted by Gasteiger charge is -2.05. The van der Waals surface area contributed by atoms with E-state index in [1.807, 2.05) is 0 Å². The van der Waals surface area contributed by atoms with Crippen LogP contribution in [0.25, 0.3) is 0 Å². The van der Waals surface area contributed by atoms with E-state index in [0.29, 0.717) is 0 Å². The first-order chi connectivity index (χ1) is 5.50. The first kappa shape index (κ1) is 11.4. The van der Waals surface area contributed by atoms with E-state index in [4.69, 9.17) is 23.2 Å². The van der Waals surface area contributed by atoms with Crippen molar-refractivity contribution in [3.8, 4) is 0 Å². The van der Waals surface area contributed by atoms with E-state index < -0.39 is 22.4 Å². The monoisotopic (exact) mass is 212 g/mol. The Morgan fingerprint density at radius 2 is 1.67 bits per heavy atom. The fourth-order valence-corrected chi connectivity index (χ4v) is 0.932. The number of hydrogen-bond donors (Lipinski definition) is 0. The molecule has 0 aliphatic carbocycles. The number of ether oxygens (including phenoxy) is 1. The second kappa shape index (κ2) is 5.11. The van der Waals surface area contributed by atoms with Crippen LogP contribution in [-0.2, 0) is 19.1 Å². The molecular weight excluding hydrogens is 207 g/mol. The van der Waals surface area contributed by atoms with Crippen molar-refractivity contribution in [1.82, 2.24) is 0 Å². The zero-order valence-corrected chi connectivity index (χ0v) is 7.69. The van der Waals surface area contributed by atoms with Crippen LogP contribution >= 0.6 is 23.2 Å². The Labute approximate surface area is 78.8 Å². The molecule has 4 nitrogen and oxygen atoms in total. The summed E-state index contributed by atoms with van der Waals surface area (Å²) >= 11 is 9.85. The summed E-state index contributed by atoms with van der Waals surface area (Å²) < 4.78 is 4.38. The molecule has 0 aliphatic heterocycles. The lowest BCUT2D eigenvalue weighted by atomic mass is 10.2. The fourth-order valence-electron chi connectivity index (χ4n) is 0.500. The van der Waals surface area contributed by atoms with Crippen molar-refractivity contribution in [2.24, 2.45) is 5.92 Å². The first-order valence-electron chi connectivity index (χ1n) is 3.06. The molecule has 0 saturated heterocycles. The van der Waals surface area contributed by atoms with E-state index in [1.165, 1.54) is 6.92 Å². The summed E-state index contributed by atoms with van der Waals surface area (Å²) in [5.41, 5.74) is 0. The van der Waals surface area contributed by atoms with Gasteiger partial charge in [0.15, 0.2) is 0 Å². The van der Waals surface area contributed by atoms with Crippen LogP contribution in [0.2, 0.25) is 0 Å². The van der Waals surface area contributed by atoms with Crippen LogP contribution in [0.3, 0.4) is 0 Å². The van der Waals surface area contributed by atoms with Gasteiger partial charge in [0.2, 0.25) is 16.4 Å². The van der Waals surface area contributed by atoms with Gasteiger partial charge in [-0.2, -0.15) is 0 Å². The van der Waals surface area contributed by atoms with E-state index in [2.05, 4.69) is 4.74 Å². The molecule has 0 aliphatic rings. The standard InChI is InChI=1S/C6H6Cl2O4/c1-2-12-6(11)3(4(7)9)5(8)10/h3H,2H2,1H3. The van der Waals surface area contributed by atoms with Gasteiger partial charge in [-0.1, -0.05) is 0 Å². The van der Waals surface area contributed by atoms with Crippen molar-refractivity contribution >= 4 is 39.7 Å². The van der Waals surface area contributed by atoms with Gasteiger partial charge in [0.05, 0.1) is 6.61 Å². The molecule has 0 aromatic rings. The molecule has 0 spiro atoms. The van der Waals surface area contributed by atoms with Crippen molar-refractivity contribution in [2.45, 2.75) is 6.92 Å². The Bertz CT molecular complexity index is 200. The third-order valence-corrected chi connectivity index (χ3v) is 1.41. The molecule has 0 fully saturated rings. The predicted molar refractivity (Wildman–Crippen MR) is 41.8 cm³/mol. The first-order valence-corrected chi connectivity index (χ1v) is 3.81.